The summed E-state index contributed by atoms with van der Waals surface area (Å²) in [5.74, 6) is -1.21. The normalized spacial score (nSPS) is 9.94. The van der Waals surface area contributed by atoms with Gasteiger partial charge in [0.25, 0.3) is 0 Å². The van der Waals surface area contributed by atoms with Crippen molar-refractivity contribution >= 4 is 5.97 Å². The van der Waals surface area contributed by atoms with Crippen LogP contribution in [0.1, 0.15) is 10.5 Å². The number of ether oxygens (including phenoxy) is 1. The van der Waals surface area contributed by atoms with Crippen molar-refractivity contribution in [3.05, 3.63) is 54.0 Å². The summed E-state index contributed by atoms with van der Waals surface area (Å²) >= 11 is 0. The van der Waals surface area contributed by atoms with E-state index in [-0.39, 0.29) is 17.3 Å². The van der Waals surface area contributed by atoms with E-state index < -0.39 is 11.8 Å². The van der Waals surface area contributed by atoms with E-state index in [2.05, 4.69) is 4.98 Å². The van der Waals surface area contributed by atoms with Crippen LogP contribution in [0, 0.1) is 5.82 Å². The van der Waals surface area contributed by atoms with Gasteiger partial charge in [0.05, 0.1) is 0 Å². The SMILES string of the molecule is O=C(O)c1cccc(Oc2cccc(F)c2)n1. The predicted molar refractivity (Wildman–Crippen MR) is 57.7 cm³/mol. The fourth-order valence-electron chi connectivity index (χ4n) is 1.24. The van der Waals surface area contributed by atoms with E-state index in [1.165, 1.54) is 36.4 Å². The van der Waals surface area contributed by atoms with Gasteiger partial charge in [-0.15, -0.1) is 0 Å². The Bertz CT molecular complexity index is 557. The molecule has 4 nitrogen and oxygen atoms in total. The maximum absolute atomic E-state index is 12.9. The molecule has 1 N–H and O–H groups in total. The summed E-state index contributed by atoms with van der Waals surface area (Å²) < 4.78 is 18.1. The highest BCUT2D eigenvalue weighted by molar-refractivity contribution is 5.85. The first kappa shape index (κ1) is 11.1. The van der Waals surface area contributed by atoms with Crippen molar-refractivity contribution in [3.8, 4) is 11.6 Å². The van der Waals surface area contributed by atoms with Gasteiger partial charge in [-0.3, -0.25) is 0 Å². The van der Waals surface area contributed by atoms with Crippen LogP contribution >= 0.6 is 0 Å². The standard InChI is InChI=1S/C12H8FNO3/c13-8-3-1-4-9(7-8)17-11-6-2-5-10(14-11)12(15)16/h1-7H,(H,15,16). The number of rotatable bonds is 3. The van der Waals surface area contributed by atoms with E-state index >= 15 is 0 Å². The molecule has 0 aliphatic rings. The van der Waals surface area contributed by atoms with Crippen LogP contribution < -0.4 is 4.74 Å². The fraction of sp³-hybridized carbons (Fsp3) is 0. The number of carbonyl (C=O) groups is 1. The minimum atomic E-state index is -1.14. The molecule has 2 aromatic rings. The second-order valence-electron chi connectivity index (χ2n) is 3.23. The van der Waals surface area contributed by atoms with E-state index in [4.69, 9.17) is 9.84 Å². The van der Waals surface area contributed by atoms with Crippen molar-refractivity contribution in [1.29, 1.82) is 0 Å². The average Bonchev–Trinajstić information content (AvgIpc) is 2.29. The molecule has 0 fully saturated rings. The first-order valence-corrected chi connectivity index (χ1v) is 4.79. The molecular weight excluding hydrogens is 225 g/mol. The maximum atomic E-state index is 12.9. The van der Waals surface area contributed by atoms with Crippen LogP contribution in [-0.2, 0) is 0 Å². The Kier molecular flexibility index (Phi) is 3.00. The Labute approximate surface area is 96.3 Å². The third-order valence-corrected chi connectivity index (χ3v) is 1.96. The Balaban J connectivity index is 2.24. The molecule has 0 aliphatic carbocycles. The molecule has 0 atom stereocenters. The number of pyridine rings is 1. The molecule has 2 rings (SSSR count). The molecule has 0 saturated heterocycles. The number of aromatic carboxylic acids is 1. The van der Waals surface area contributed by atoms with Crippen LogP contribution in [0.4, 0.5) is 4.39 Å². The first-order chi connectivity index (χ1) is 8.15. The molecule has 86 valence electrons. The topological polar surface area (TPSA) is 59.4 Å². The Morgan fingerprint density at radius 1 is 1.24 bits per heavy atom. The fourth-order valence-corrected chi connectivity index (χ4v) is 1.24. The van der Waals surface area contributed by atoms with Crippen LogP contribution in [0.15, 0.2) is 42.5 Å². The van der Waals surface area contributed by atoms with Gasteiger partial charge in [0.1, 0.15) is 11.6 Å². The first-order valence-electron chi connectivity index (χ1n) is 4.79. The molecule has 0 unspecified atom stereocenters. The highest BCUT2D eigenvalue weighted by Crippen LogP contribution is 2.20. The number of nitrogens with zero attached hydrogens (tertiary/aromatic N) is 1. The van der Waals surface area contributed by atoms with Gasteiger partial charge in [0.2, 0.25) is 5.88 Å². The summed E-state index contributed by atoms with van der Waals surface area (Å²) in [6.45, 7) is 0. The number of carboxylic acid groups (broad SMARTS) is 1. The van der Waals surface area contributed by atoms with Gasteiger partial charge in [-0.05, 0) is 18.2 Å². The van der Waals surface area contributed by atoms with E-state index in [1.807, 2.05) is 0 Å². The zero-order chi connectivity index (χ0) is 12.3. The summed E-state index contributed by atoms with van der Waals surface area (Å²) in [6, 6.07) is 9.87. The van der Waals surface area contributed by atoms with Crippen molar-refractivity contribution in [2.45, 2.75) is 0 Å². The van der Waals surface area contributed by atoms with Gasteiger partial charge in [0, 0.05) is 12.1 Å². The lowest BCUT2D eigenvalue weighted by Gasteiger charge is -2.04. The lowest BCUT2D eigenvalue weighted by molar-refractivity contribution is 0.0689. The molecule has 0 radical (unpaired) electrons. The highest BCUT2D eigenvalue weighted by Gasteiger charge is 2.06. The van der Waals surface area contributed by atoms with Crippen LogP contribution in [0.5, 0.6) is 11.6 Å². The van der Waals surface area contributed by atoms with Gasteiger partial charge in [-0.2, -0.15) is 0 Å². The van der Waals surface area contributed by atoms with Gasteiger partial charge in [-0.1, -0.05) is 12.1 Å². The molecule has 1 heterocycles. The van der Waals surface area contributed by atoms with Crippen LogP contribution in [0.25, 0.3) is 0 Å². The molecule has 1 aromatic heterocycles. The second-order valence-corrected chi connectivity index (χ2v) is 3.23. The van der Waals surface area contributed by atoms with Gasteiger partial charge in [0.15, 0.2) is 5.69 Å². The molecular formula is C12H8FNO3. The molecule has 1 aromatic carbocycles. The molecule has 0 bridgehead atoms. The van der Waals surface area contributed by atoms with Crippen LogP contribution in [-0.4, -0.2) is 16.1 Å². The van der Waals surface area contributed by atoms with E-state index in [9.17, 15) is 9.18 Å². The van der Waals surface area contributed by atoms with Crippen molar-refractivity contribution in [2.75, 3.05) is 0 Å². The largest absolute Gasteiger partial charge is 0.477 e. The summed E-state index contributed by atoms with van der Waals surface area (Å²) in [5.41, 5.74) is -0.126. The Morgan fingerprint density at radius 2 is 2.00 bits per heavy atom. The molecule has 17 heavy (non-hydrogen) atoms. The smallest absolute Gasteiger partial charge is 0.354 e. The third-order valence-electron chi connectivity index (χ3n) is 1.96. The average molecular weight is 233 g/mol. The predicted octanol–water partition coefficient (Wildman–Crippen LogP) is 2.71. The summed E-state index contributed by atoms with van der Waals surface area (Å²) in [6.07, 6.45) is 0. The van der Waals surface area contributed by atoms with E-state index in [0.717, 1.165) is 0 Å². The molecule has 0 aliphatic heterocycles. The number of halogens is 1. The van der Waals surface area contributed by atoms with Crippen LogP contribution in [0.3, 0.4) is 0 Å². The monoisotopic (exact) mass is 233 g/mol. The number of hydrogen-bond donors (Lipinski definition) is 1. The minimum absolute atomic E-state index is 0.107. The Morgan fingerprint density at radius 3 is 2.71 bits per heavy atom. The van der Waals surface area contributed by atoms with Crippen LogP contribution in [0.2, 0.25) is 0 Å². The Hall–Kier alpha value is -2.43. The summed E-state index contributed by atoms with van der Waals surface area (Å²) in [7, 11) is 0. The lowest BCUT2D eigenvalue weighted by Crippen LogP contribution is -2.00. The van der Waals surface area contributed by atoms with Crippen molar-refractivity contribution < 1.29 is 19.0 Å². The molecule has 0 amide bonds. The lowest BCUT2D eigenvalue weighted by atomic mass is 10.3. The van der Waals surface area contributed by atoms with Gasteiger partial charge >= 0.3 is 5.97 Å². The minimum Gasteiger partial charge on any atom is -0.477 e. The van der Waals surface area contributed by atoms with Crippen molar-refractivity contribution in [2.24, 2.45) is 0 Å². The van der Waals surface area contributed by atoms with Crippen molar-refractivity contribution in [1.82, 2.24) is 4.98 Å². The quantitative estimate of drug-likeness (QED) is 0.885. The maximum Gasteiger partial charge on any atom is 0.354 e. The molecule has 5 heteroatoms. The van der Waals surface area contributed by atoms with E-state index in [1.54, 1.807) is 6.07 Å². The van der Waals surface area contributed by atoms with Gasteiger partial charge < -0.3 is 9.84 Å². The zero-order valence-corrected chi connectivity index (χ0v) is 8.63. The number of carboxylic acids is 1. The van der Waals surface area contributed by atoms with Gasteiger partial charge in [-0.25, -0.2) is 14.2 Å². The van der Waals surface area contributed by atoms with Crippen molar-refractivity contribution in [3.63, 3.8) is 0 Å². The molecule has 0 saturated carbocycles. The van der Waals surface area contributed by atoms with E-state index in [0.29, 0.717) is 0 Å². The summed E-state index contributed by atoms with van der Waals surface area (Å²) in [4.78, 5) is 14.4. The second kappa shape index (κ2) is 4.61. The number of benzene rings is 1. The highest BCUT2D eigenvalue weighted by atomic mass is 19.1. The summed E-state index contributed by atoms with van der Waals surface area (Å²) in [5, 5.41) is 8.74. The number of aromatic nitrogens is 1. The zero-order valence-electron chi connectivity index (χ0n) is 8.63. The number of hydrogen-bond acceptors (Lipinski definition) is 3. The third kappa shape index (κ3) is 2.78. The molecule has 0 spiro atoms.